The Balaban J connectivity index is 3.64. The monoisotopic (exact) mass is 219 g/mol. The van der Waals surface area contributed by atoms with Crippen LogP contribution >= 0.6 is 0 Å². The maximum atomic E-state index is 11.5. The second-order valence-corrected chi connectivity index (χ2v) is 3.55. The van der Waals surface area contributed by atoms with E-state index in [4.69, 9.17) is 0 Å². The Morgan fingerprint density at radius 2 is 2.08 bits per heavy atom. The van der Waals surface area contributed by atoms with Gasteiger partial charge in [-0.1, -0.05) is 20.3 Å². The molecule has 0 bridgehead atoms. The largest absolute Gasteiger partial charge is 0.536 e. The second-order valence-electron chi connectivity index (χ2n) is 2.63. The molecule has 0 amide bonds. The smallest absolute Gasteiger partial charge is 0.214 e. The van der Waals surface area contributed by atoms with E-state index in [9.17, 15) is 17.4 Å². The van der Waals surface area contributed by atoms with Gasteiger partial charge in [0.2, 0.25) is 11.3 Å². The van der Waals surface area contributed by atoms with Gasteiger partial charge in [-0.05, 0) is 5.92 Å². The SMILES string of the molecule is CCC(C)CNS(=O)OC(F)(F)F. The van der Waals surface area contributed by atoms with Crippen LogP contribution in [0.4, 0.5) is 13.2 Å². The van der Waals surface area contributed by atoms with Gasteiger partial charge >= 0.3 is 6.36 Å². The van der Waals surface area contributed by atoms with Gasteiger partial charge in [-0.15, -0.1) is 13.2 Å². The minimum atomic E-state index is -4.85. The van der Waals surface area contributed by atoms with Crippen molar-refractivity contribution >= 4 is 11.3 Å². The number of nitrogens with one attached hydrogen (secondary N) is 1. The molecule has 0 aliphatic carbocycles. The van der Waals surface area contributed by atoms with Gasteiger partial charge in [0.15, 0.2) is 0 Å². The Morgan fingerprint density at radius 1 is 1.54 bits per heavy atom. The summed E-state index contributed by atoms with van der Waals surface area (Å²) >= 11 is -2.49. The number of rotatable bonds is 5. The Labute approximate surface area is 77.4 Å². The van der Waals surface area contributed by atoms with Crippen molar-refractivity contribution in [3.63, 3.8) is 0 Å². The Hall–Kier alpha value is -0.140. The minimum absolute atomic E-state index is 0.167. The number of hydrogen-bond acceptors (Lipinski definition) is 2. The van der Waals surface area contributed by atoms with Crippen molar-refractivity contribution in [2.75, 3.05) is 6.54 Å². The van der Waals surface area contributed by atoms with E-state index in [-0.39, 0.29) is 12.5 Å². The molecule has 7 heteroatoms. The lowest BCUT2D eigenvalue weighted by Gasteiger charge is -2.10. The van der Waals surface area contributed by atoms with Gasteiger partial charge in [0.1, 0.15) is 0 Å². The first-order chi connectivity index (χ1) is 5.85. The van der Waals surface area contributed by atoms with E-state index in [1.807, 2.05) is 13.8 Å². The van der Waals surface area contributed by atoms with Crippen LogP contribution in [0.5, 0.6) is 0 Å². The Bertz CT molecular complexity index is 174. The highest BCUT2D eigenvalue weighted by Crippen LogP contribution is 2.17. The summed E-state index contributed by atoms with van der Waals surface area (Å²) in [5.41, 5.74) is 0. The molecule has 0 aliphatic heterocycles. The highest BCUT2D eigenvalue weighted by atomic mass is 32.2. The normalized spacial score (nSPS) is 17.0. The average molecular weight is 219 g/mol. The average Bonchev–Trinajstić information content (AvgIpc) is 1.97. The summed E-state index contributed by atoms with van der Waals surface area (Å²) < 4.78 is 50.2. The molecule has 0 spiro atoms. The highest BCUT2D eigenvalue weighted by molar-refractivity contribution is 7.78. The molecular formula is C6H12F3NO2S. The fraction of sp³-hybridized carbons (Fsp3) is 1.00. The molecule has 1 N–H and O–H groups in total. The molecule has 0 rings (SSSR count). The van der Waals surface area contributed by atoms with E-state index < -0.39 is 17.6 Å². The molecule has 2 atom stereocenters. The van der Waals surface area contributed by atoms with Crippen LogP contribution in [0.1, 0.15) is 20.3 Å². The van der Waals surface area contributed by atoms with E-state index in [2.05, 4.69) is 8.91 Å². The molecule has 0 aliphatic rings. The molecule has 0 fully saturated rings. The van der Waals surface area contributed by atoms with Gasteiger partial charge in [0.25, 0.3) is 0 Å². The van der Waals surface area contributed by atoms with E-state index in [1.54, 1.807) is 0 Å². The van der Waals surface area contributed by atoms with Crippen LogP contribution in [0.25, 0.3) is 0 Å². The molecule has 0 saturated carbocycles. The van der Waals surface area contributed by atoms with Crippen molar-refractivity contribution in [1.82, 2.24) is 4.72 Å². The van der Waals surface area contributed by atoms with Crippen molar-refractivity contribution in [3.8, 4) is 0 Å². The molecule has 2 unspecified atom stereocenters. The minimum Gasteiger partial charge on any atom is -0.214 e. The van der Waals surface area contributed by atoms with Gasteiger partial charge in [0, 0.05) is 6.54 Å². The summed E-state index contributed by atoms with van der Waals surface area (Å²) in [6, 6.07) is 0. The summed E-state index contributed by atoms with van der Waals surface area (Å²) in [6.45, 7) is 3.96. The maximum absolute atomic E-state index is 11.5. The van der Waals surface area contributed by atoms with Crippen LogP contribution < -0.4 is 4.72 Å². The van der Waals surface area contributed by atoms with Gasteiger partial charge in [-0.3, -0.25) is 0 Å². The van der Waals surface area contributed by atoms with Crippen molar-refractivity contribution < 1.29 is 21.6 Å². The quantitative estimate of drug-likeness (QED) is 0.764. The standard InChI is InChI=1S/C6H12F3NO2S/c1-3-5(2)4-10-13(11)12-6(7,8)9/h5,10H,3-4H2,1-2H3. The van der Waals surface area contributed by atoms with Gasteiger partial charge in [-0.25, -0.2) is 8.93 Å². The highest BCUT2D eigenvalue weighted by Gasteiger charge is 2.32. The lowest BCUT2D eigenvalue weighted by atomic mass is 10.1. The summed E-state index contributed by atoms with van der Waals surface area (Å²) in [7, 11) is 0. The van der Waals surface area contributed by atoms with Crippen LogP contribution in [0.15, 0.2) is 0 Å². The Morgan fingerprint density at radius 3 is 2.46 bits per heavy atom. The van der Waals surface area contributed by atoms with Crippen LogP contribution in [0.3, 0.4) is 0 Å². The first kappa shape index (κ1) is 12.9. The molecule has 80 valence electrons. The Kier molecular flexibility index (Phi) is 5.50. The zero-order chi connectivity index (χ0) is 10.5. The van der Waals surface area contributed by atoms with Gasteiger partial charge < -0.3 is 0 Å². The molecular weight excluding hydrogens is 207 g/mol. The fourth-order valence-electron chi connectivity index (χ4n) is 0.470. The van der Waals surface area contributed by atoms with Gasteiger partial charge in [-0.2, -0.15) is 4.18 Å². The van der Waals surface area contributed by atoms with Crippen LogP contribution in [-0.2, 0) is 15.4 Å². The van der Waals surface area contributed by atoms with E-state index >= 15 is 0 Å². The van der Waals surface area contributed by atoms with Crippen molar-refractivity contribution in [2.45, 2.75) is 26.6 Å². The zero-order valence-electron chi connectivity index (χ0n) is 7.35. The van der Waals surface area contributed by atoms with E-state index in [0.717, 1.165) is 6.42 Å². The summed E-state index contributed by atoms with van der Waals surface area (Å²) in [5, 5.41) is 0. The lowest BCUT2D eigenvalue weighted by Crippen LogP contribution is -2.29. The molecule has 13 heavy (non-hydrogen) atoms. The number of hydrogen-bond donors (Lipinski definition) is 1. The van der Waals surface area contributed by atoms with Crippen LogP contribution in [0, 0.1) is 5.92 Å². The van der Waals surface area contributed by atoms with E-state index in [0.29, 0.717) is 0 Å². The van der Waals surface area contributed by atoms with Crippen molar-refractivity contribution in [2.24, 2.45) is 5.92 Å². The molecule has 0 heterocycles. The van der Waals surface area contributed by atoms with Gasteiger partial charge in [0.05, 0.1) is 0 Å². The van der Waals surface area contributed by atoms with Crippen LogP contribution in [-0.4, -0.2) is 17.1 Å². The topological polar surface area (TPSA) is 38.3 Å². The molecule has 0 aromatic rings. The maximum Gasteiger partial charge on any atom is 0.536 e. The number of halogens is 3. The first-order valence-electron chi connectivity index (χ1n) is 3.76. The summed E-state index contributed by atoms with van der Waals surface area (Å²) in [5.74, 6) is 0.167. The molecule has 0 saturated heterocycles. The summed E-state index contributed by atoms with van der Waals surface area (Å²) in [4.78, 5) is 0. The zero-order valence-corrected chi connectivity index (χ0v) is 8.17. The molecule has 3 nitrogen and oxygen atoms in total. The predicted octanol–water partition coefficient (Wildman–Crippen LogP) is 1.74. The molecule has 0 aromatic carbocycles. The molecule has 0 aromatic heterocycles. The fourth-order valence-corrected chi connectivity index (χ4v) is 1.12. The third-order valence-electron chi connectivity index (χ3n) is 1.42. The summed E-state index contributed by atoms with van der Waals surface area (Å²) in [6.07, 6.45) is -4.05. The third kappa shape index (κ3) is 8.20. The van der Waals surface area contributed by atoms with E-state index in [1.165, 1.54) is 0 Å². The lowest BCUT2D eigenvalue weighted by molar-refractivity contribution is -0.270. The van der Waals surface area contributed by atoms with Crippen LogP contribution in [0.2, 0.25) is 0 Å². The predicted molar refractivity (Wildman–Crippen MR) is 42.7 cm³/mol. The van der Waals surface area contributed by atoms with Crippen molar-refractivity contribution in [1.29, 1.82) is 0 Å². The third-order valence-corrected chi connectivity index (χ3v) is 2.16. The first-order valence-corrected chi connectivity index (χ1v) is 4.84. The van der Waals surface area contributed by atoms with Crippen molar-refractivity contribution in [3.05, 3.63) is 0 Å². The molecule has 0 radical (unpaired) electrons. The number of alkyl halides is 3. The second kappa shape index (κ2) is 5.56.